The van der Waals surface area contributed by atoms with Crippen LogP contribution in [0.1, 0.15) is 17.5 Å². The van der Waals surface area contributed by atoms with Crippen molar-refractivity contribution in [2.24, 2.45) is 0 Å². The van der Waals surface area contributed by atoms with Gasteiger partial charge in [-0.25, -0.2) is 4.39 Å². The molecule has 16 heavy (non-hydrogen) atoms. The highest BCUT2D eigenvalue weighted by Gasteiger charge is 2.39. The predicted octanol–water partition coefficient (Wildman–Crippen LogP) is 2.79. The highest BCUT2D eigenvalue weighted by Crippen LogP contribution is 2.27. The molecule has 1 aliphatic rings. The maximum Gasteiger partial charge on any atom is 0.403 e. The Morgan fingerprint density at radius 3 is 2.62 bits per heavy atom. The number of alkyl halides is 3. The third-order valence-electron chi connectivity index (χ3n) is 2.80. The molecule has 1 heterocycles. The largest absolute Gasteiger partial charge is 0.403 e. The standard InChI is InChI=1S/C11H11F4N/c12-9-3-1-8-6-16-10(11(13,14)15)4-2-7(8)5-9/h1,3,5,10,16H,2,4,6H2. The van der Waals surface area contributed by atoms with Crippen LogP contribution in [0.2, 0.25) is 0 Å². The van der Waals surface area contributed by atoms with Gasteiger partial charge in [-0.15, -0.1) is 0 Å². The lowest BCUT2D eigenvalue weighted by Gasteiger charge is -2.18. The number of fused-ring (bicyclic) bond motifs is 1. The van der Waals surface area contributed by atoms with Crippen LogP contribution in [0.3, 0.4) is 0 Å². The molecule has 1 aliphatic heterocycles. The molecule has 0 spiro atoms. The molecule has 0 fully saturated rings. The van der Waals surface area contributed by atoms with Crippen LogP contribution in [0.15, 0.2) is 18.2 Å². The van der Waals surface area contributed by atoms with Crippen molar-refractivity contribution in [1.29, 1.82) is 0 Å². The van der Waals surface area contributed by atoms with E-state index in [1.807, 2.05) is 0 Å². The summed E-state index contributed by atoms with van der Waals surface area (Å²) in [6.45, 7) is 0.139. The molecule has 1 nitrogen and oxygen atoms in total. The molecule has 1 N–H and O–H groups in total. The molecule has 5 heteroatoms. The zero-order valence-electron chi connectivity index (χ0n) is 8.44. The van der Waals surface area contributed by atoms with E-state index in [-0.39, 0.29) is 19.4 Å². The van der Waals surface area contributed by atoms with Gasteiger partial charge in [0.05, 0.1) is 0 Å². The van der Waals surface area contributed by atoms with E-state index in [0.29, 0.717) is 5.56 Å². The number of nitrogens with one attached hydrogen (secondary N) is 1. The van der Waals surface area contributed by atoms with Gasteiger partial charge in [-0.1, -0.05) is 6.07 Å². The molecular weight excluding hydrogens is 222 g/mol. The van der Waals surface area contributed by atoms with E-state index < -0.39 is 18.0 Å². The zero-order valence-corrected chi connectivity index (χ0v) is 8.44. The number of hydrogen-bond donors (Lipinski definition) is 1. The van der Waals surface area contributed by atoms with Gasteiger partial charge in [-0.3, -0.25) is 0 Å². The summed E-state index contributed by atoms with van der Waals surface area (Å²) >= 11 is 0. The van der Waals surface area contributed by atoms with E-state index in [1.54, 1.807) is 0 Å². The van der Waals surface area contributed by atoms with Crippen molar-refractivity contribution in [3.05, 3.63) is 35.1 Å². The van der Waals surface area contributed by atoms with Gasteiger partial charge in [0.25, 0.3) is 0 Å². The summed E-state index contributed by atoms with van der Waals surface area (Å²) in [5.74, 6) is -0.399. The van der Waals surface area contributed by atoms with Crippen molar-refractivity contribution in [1.82, 2.24) is 5.32 Å². The van der Waals surface area contributed by atoms with Gasteiger partial charge in [0.15, 0.2) is 0 Å². The molecule has 0 saturated carbocycles. The van der Waals surface area contributed by atoms with E-state index in [4.69, 9.17) is 0 Å². The topological polar surface area (TPSA) is 12.0 Å². The Balaban J connectivity index is 2.19. The fraction of sp³-hybridized carbons (Fsp3) is 0.455. The normalized spacial score (nSPS) is 21.4. The molecule has 88 valence electrons. The second-order valence-electron chi connectivity index (χ2n) is 3.93. The van der Waals surface area contributed by atoms with E-state index in [2.05, 4.69) is 5.32 Å². The molecule has 1 unspecified atom stereocenters. The van der Waals surface area contributed by atoms with Crippen molar-refractivity contribution in [3.8, 4) is 0 Å². The Labute approximate surface area is 90.5 Å². The Hall–Kier alpha value is -1.10. The van der Waals surface area contributed by atoms with Crippen molar-refractivity contribution in [2.75, 3.05) is 0 Å². The summed E-state index contributed by atoms with van der Waals surface area (Å²) in [7, 11) is 0. The van der Waals surface area contributed by atoms with Gasteiger partial charge in [-0.05, 0) is 36.1 Å². The first kappa shape index (κ1) is 11.4. The number of aryl methyl sites for hydroxylation is 1. The average Bonchev–Trinajstić information content (AvgIpc) is 2.38. The van der Waals surface area contributed by atoms with Crippen LogP contribution in [-0.2, 0) is 13.0 Å². The van der Waals surface area contributed by atoms with Crippen LogP contribution in [0.4, 0.5) is 17.6 Å². The van der Waals surface area contributed by atoms with E-state index in [9.17, 15) is 17.6 Å². The smallest absolute Gasteiger partial charge is 0.302 e. The highest BCUT2D eigenvalue weighted by molar-refractivity contribution is 5.29. The van der Waals surface area contributed by atoms with Crippen LogP contribution < -0.4 is 5.32 Å². The van der Waals surface area contributed by atoms with Gasteiger partial charge in [-0.2, -0.15) is 13.2 Å². The van der Waals surface area contributed by atoms with Crippen LogP contribution in [0.25, 0.3) is 0 Å². The molecular formula is C11H11F4N. The Morgan fingerprint density at radius 2 is 1.94 bits per heavy atom. The second kappa shape index (κ2) is 4.05. The lowest BCUT2D eigenvalue weighted by molar-refractivity contribution is -0.157. The summed E-state index contributed by atoms with van der Waals surface area (Å²) in [5.41, 5.74) is 1.41. The van der Waals surface area contributed by atoms with Gasteiger partial charge >= 0.3 is 6.18 Å². The first-order chi connectivity index (χ1) is 7.47. The lowest BCUT2D eigenvalue weighted by atomic mass is 10.0. The molecule has 1 aromatic rings. The minimum atomic E-state index is -4.24. The average molecular weight is 233 g/mol. The molecule has 2 rings (SSSR count). The van der Waals surface area contributed by atoms with Gasteiger partial charge in [0, 0.05) is 6.54 Å². The molecule has 0 aliphatic carbocycles. The van der Waals surface area contributed by atoms with Gasteiger partial charge in [0.2, 0.25) is 0 Å². The fourth-order valence-corrected chi connectivity index (χ4v) is 1.91. The van der Waals surface area contributed by atoms with Crippen molar-refractivity contribution in [2.45, 2.75) is 31.6 Å². The summed E-state index contributed by atoms with van der Waals surface area (Å²) in [4.78, 5) is 0. The van der Waals surface area contributed by atoms with Crippen LogP contribution in [-0.4, -0.2) is 12.2 Å². The predicted molar refractivity (Wildman–Crippen MR) is 51.4 cm³/mol. The molecule has 0 amide bonds. The van der Waals surface area contributed by atoms with Gasteiger partial charge in [0.1, 0.15) is 11.9 Å². The van der Waals surface area contributed by atoms with Crippen LogP contribution in [0, 0.1) is 5.82 Å². The lowest BCUT2D eigenvalue weighted by Crippen LogP contribution is -2.41. The van der Waals surface area contributed by atoms with Crippen molar-refractivity contribution >= 4 is 0 Å². The van der Waals surface area contributed by atoms with E-state index >= 15 is 0 Å². The Morgan fingerprint density at radius 1 is 1.19 bits per heavy atom. The first-order valence-corrected chi connectivity index (χ1v) is 5.04. The SMILES string of the molecule is Fc1ccc2c(c1)CCC(C(F)(F)F)NC2. The van der Waals surface area contributed by atoms with E-state index in [1.165, 1.54) is 18.2 Å². The maximum atomic E-state index is 12.9. The van der Waals surface area contributed by atoms with Crippen molar-refractivity contribution in [3.63, 3.8) is 0 Å². The number of halogens is 4. The molecule has 0 radical (unpaired) electrons. The molecule has 0 bridgehead atoms. The fourth-order valence-electron chi connectivity index (χ4n) is 1.91. The monoisotopic (exact) mass is 233 g/mol. The van der Waals surface area contributed by atoms with E-state index in [0.717, 1.165) is 5.56 Å². The summed E-state index contributed by atoms with van der Waals surface area (Å²) in [6.07, 6.45) is -4.02. The summed E-state index contributed by atoms with van der Waals surface area (Å²) in [6, 6.07) is 2.63. The summed E-state index contributed by atoms with van der Waals surface area (Å²) in [5, 5.41) is 2.45. The van der Waals surface area contributed by atoms with Crippen LogP contribution >= 0.6 is 0 Å². The first-order valence-electron chi connectivity index (χ1n) is 5.04. The summed E-state index contributed by atoms with van der Waals surface area (Å²) < 4.78 is 50.4. The van der Waals surface area contributed by atoms with Gasteiger partial charge < -0.3 is 5.32 Å². The quantitative estimate of drug-likeness (QED) is 0.679. The van der Waals surface area contributed by atoms with Crippen LogP contribution in [0.5, 0.6) is 0 Å². The second-order valence-corrected chi connectivity index (χ2v) is 3.93. The zero-order chi connectivity index (χ0) is 11.8. The third kappa shape index (κ3) is 2.35. The number of benzene rings is 1. The molecule has 1 atom stereocenters. The minimum absolute atomic E-state index is 0.0417. The molecule has 0 aromatic heterocycles. The number of rotatable bonds is 0. The Kier molecular flexibility index (Phi) is 2.88. The van der Waals surface area contributed by atoms with Crippen molar-refractivity contribution < 1.29 is 17.6 Å². The number of hydrogen-bond acceptors (Lipinski definition) is 1. The third-order valence-corrected chi connectivity index (χ3v) is 2.80. The molecule has 1 aromatic carbocycles. The maximum absolute atomic E-state index is 12.9. The highest BCUT2D eigenvalue weighted by atomic mass is 19.4. The minimum Gasteiger partial charge on any atom is -0.302 e. The Bertz CT molecular complexity index is 386. The molecule has 0 saturated heterocycles.